The van der Waals surface area contributed by atoms with E-state index in [2.05, 4.69) is 36.3 Å². The molecule has 4 heteroatoms. The summed E-state index contributed by atoms with van der Waals surface area (Å²) in [5.74, 6) is 0.535. The number of carbonyl (C=O) groups is 1. The van der Waals surface area contributed by atoms with Crippen LogP contribution in [-0.2, 0) is 24.1 Å². The van der Waals surface area contributed by atoms with Crippen molar-refractivity contribution in [3.8, 4) is 0 Å². The van der Waals surface area contributed by atoms with Gasteiger partial charge in [0.1, 0.15) is 0 Å². The van der Waals surface area contributed by atoms with E-state index in [-0.39, 0.29) is 5.91 Å². The van der Waals surface area contributed by atoms with Crippen LogP contribution >= 0.6 is 11.3 Å². The number of rotatable bonds is 4. The molecule has 1 aromatic heterocycles. The van der Waals surface area contributed by atoms with Gasteiger partial charge >= 0.3 is 0 Å². The first-order valence-corrected chi connectivity index (χ1v) is 8.81. The third-order valence-electron chi connectivity index (χ3n) is 4.10. The highest BCUT2D eigenvalue weighted by atomic mass is 32.1. The van der Waals surface area contributed by atoms with Gasteiger partial charge in [-0.25, -0.2) is 4.98 Å². The quantitative estimate of drug-likeness (QED) is 0.913. The Morgan fingerprint density at radius 3 is 2.64 bits per heavy atom. The lowest BCUT2D eigenvalue weighted by molar-refractivity contribution is -0.115. The molecule has 2 aromatic rings. The first kappa shape index (κ1) is 15.2. The smallest absolute Gasteiger partial charge is 0.230 e. The maximum absolute atomic E-state index is 12.2. The molecule has 1 aliphatic carbocycles. The molecule has 1 amide bonds. The average molecular weight is 314 g/mol. The highest BCUT2D eigenvalue weighted by Crippen LogP contribution is 2.29. The van der Waals surface area contributed by atoms with Crippen LogP contribution in [0.25, 0.3) is 0 Å². The number of fused-ring (bicyclic) bond motifs is 1. The van der Waals surface area contributed by atoms with Crippen LogP contribution in [-0.4, -0.2) is 10.9 Å². The van der Waals surface area contributed by atoms with Gasteiger partial charge in [-0.1, -0.05) is 38.1 Å². The second-order valence-corrected chi connectivity index (χ2v) is 7.30. The summed E-state index contributed by atoms with van der Waals surface area (Å²) >= 11 is 1.64. The summed E-state index contributed by atoms with van der Waals surface area (Å²) in [7, 11) is 0. The minimum atomic E-state index is 0.0170. The van der Waals surface area contributed by atoms with Gasteiger partial charge < -0.3 is 5.32 Å². The SMILES string of the molecule is CC(C)c1ccc(CC(=O)Nc2nc3c(s2)CCCC3)cc1. The first-order valence-electron chi connectivity index (χ1n) is 7.99. The molecule has 0 aliphatic heterocycles. The molecule has 22 heavy (non-hydrogen) atoms. The van der Waals surface area contributed by atoms with E-state index >= 15 is 0 Å². The molecule has 0 fully saturated rings. The van der Waals surface area contributed by atoms with E-state index < -0.39 is 0 Å². The Morgan fingerprint density at radius 2 is 1.95 bits per heavy atom. The summed E-state index contributed by atoms with van der Waals surface area (Å²) in [5, 5.41) is 3.71. The van der Waals surface area contributed by atoms with Crippen LogP contribution in [0.4, 0.5) is 5.13 Å². The van der Waals surface area contributed by atoms with Gasteiger partial charge in [-0.3, -0.25) is 4.79 Å². The molecule has 0 saturated heterocycles. The van der Waals surface area contributed by atoms with Gasteiger partial charge in [0, 0.05) is 4.88 Å². The molecule has 0 radical (unpaired) electrons. The van der Waals surface area contributed by atoms with Gasteiger partial charge in [-0.05, 0) is 42.7 Å². The van der Waals surface area contributed by atoms with Crippen molar-refractivity contribution in [2.24, 2.45) is 0 Å². The fourth-order valence-corrected chi connectivity index (χ4v) is 3.84. The van der Waals surface area contributed by atoms with Crippen molar-refractivity contribution in [1.29, 1.82) is 0 Å². The molecule has 3 nitrogen and oxygen atoms in total. The molecule has 1 aliphatic rings. The zero-order valence-corrected chi connectivity index (χ0v) is 14.0. The number of hydrogen-bond donors (Lipinski definition) is 1. The summed E-state index contributed by atoms with van der Waals surface area (Å²) in [5.41, 5.74) is 3.54. The normalized spacial score (nSPS) is 14.0. The van der Waals surface area contributed by atoms with Crippen molar-refractivity contribution in [3.05, 3.63) is 46.0 Å². The predicted octanol–water partition coefficient (Wildman–Crippen LogP) is 4.33. The zero-order valence-electron chi connectivity index (χ0n) is 13.2. The van der Waals surface area contributed by atoms with E-state index in [0.717, 1.165) is 23.5 Å². The molecule has 0 atom stereocenters. The summed E-state index contributed by atoms with van der Waals surface area (Å²) in [4.78, 5) is 18.1. The second kappa shape index (κ2) is 6.61. The van der Waals surface area contributed by atoms with E-state index in [9.17, 15) is 4.79 Å². The van der Waals surface area contributed by atoms with Crippen LogP contribution < -0.4 is 5.32 Å². The molecular weight excluding hydrogens is 292 g/mol. The molecule has 3 rings (SSSR count). The number of aromatic nitrogens is 1. The van der Waals surface area contributed by atoms with Crippen LogP contribution in [0.3, 0.4) is 0 Å². The monoisotopic (exact) mass is 314 g/mol. The molecule has 116 valence electrons. The van der Waals surface area contributed by atoms with Crippen LogP contribution in [0, 0.1) is 0 Å². The summed E-state index contributed by atoms with van der Waals surface area (Å²) < 4.78 is 0. The number of anilines is 1. The van der Waals surface area contributed by atoms with Crippen molar-refractivity contribution in [2.45, 2.75) is 51.9 Å². The Bertz CT molecular complexity index is 635. The zero-order chi connectivity index (χ0) is 15.5. The summed E-state index contributed by atoms with van der Waals surface area (Å²) in [6.45, 7) is 4.35. The number of carbonyl (C=O) groups excluding carboxylic acids is 1. The Kier molecular flexibility index (Phi) is 4.57. The molecule has 1 heterocycles. The maximum Gasteiger partial charge on any atom is 0.230 e. The highest BCUT2D eigenvalue weighted by Gasteiger charge is 2.16. The minimum Gasteiger partial charge on any atom is -0.302 e. The molecular formula is C18H22N2OS. The van der Waals surface area contributed by atoms with E-state index in [1.807, 2.05) is 12.1 Å². The molecule has 1 aromatic carbocycles. The van der Waals surface area contributed by atoms with Crippen LogP contribution in [0.15, 0.2) is 24.3 Å². The third-order valence-corrected chi connectivity index (χ3v) is 5.18. The molecule has 0 saturated carbocycles. The Morgan fingerprint density at radius 1 is 1.23 bits per heavy atom. The number of nitrogens with one attached hydrogen (secondary N) is 1. The molecule has 1 N–H and O–H groups in total. The predicted molar refractivity (Wildman–Crippen MR) is 91.6 cm³/mol. The van der Waals surface area contributed by atoms with Gasteiger partial charge in [-0.15, -0.1) is 11.3 Å². The lowest BCUT2D eigenvalue weighted by Gasteiger charge is -2.06. The standard InChI is InChI=1S/C18H22N2OS/c1-12(2)14-9-7-13(8-10-14)11-17(21)20-18-19-15-5-3-4-6-16(15)22-18/h7-10,12H,3-6,11H2,1-2H3,(H,19,20,21). The van der Waals surface area contributed by atoms with E-state index in [1.54, 1.807) is 11.3 Å². The van der Waals surface area contributed by atoms with Gasteiger partial charge in [0.2, 0.25) is 5.91 Å². The van der Waals surface area contributed by atoms with Gasteiger partial charge in [0.15, 0.2) is 5.13 Å². The molecule has 0 unspecified atom stereocenters. The van der Waals surface area contributed by atoms with Crippen molar-refractivity contribution >= 4 is 22.4 Å². The van der Waals surface area contributed by atoms with Gasteiger partial charge in [-0.2, -0.15) is 0 Å². The molecule has 0 spiro atoms. The second-order valence-electron chi connectivity index (χ2n) is 6.22. The third kappa shape index (κ3) is 3.55. The van der Waals surface area contributed by atoms with Crippen LogP contribution in [0.5, 0.6) is 0 Å². The van der Waals surface area contributed by atoms with E-state index in [0.29, 0.717) is 12.3 Å². The number of nitrogens with zero attached hydrogens (tertiary/aromatic N) is 1. The Labute approximate surface area is 135 Å². The van der Waals surface area contributed by atoms with Gasteiger partial charge in [0.05, 0.1) is 12.1 Å². The lowest BCUT2D eigenvalue weighted by atomic mass is 10.0. The van der Waals surface area contributed by atoms with Crippen molar-refractivity contribution < 1.29 is 4.79 Å². The van der Waals surface area contributed by atoms with Crippen molar-refractivity contribution in [3.63, 3.8) is 0 Å². The van der Waals surface area contributed by atoms with Crippen molar-refractivity contribution in [2.75, 3.05) is 5.32 Å². The maximum atomic E-state index is 12.2. The van der Waals surface area contributed by atoms with E-state index in [4.69, 9.17) is 0 Å². The average Bonchev–Trinajstić information content (AvgIpc) is 2.89. The van der Waals surface area contributed by atoms with Crippen LogP contribution in [0.2, 0.25) is 0 Å². The topological polar surface area (TPSA) is 42.0 Å². The first-order chi connectivity index (χ1) is 10.6. The summed E-state index contributed by atoms with van der Waals surface area (Å²) in [6.07, 6.45) is 5.03. The van der Waals surface area contributed by atoms with E-state index in [1.165, 1.54) is 29.0 Å². The van der Waals surface area contributed by atoms with Crippen LogP contribution in [0.1, 0.15) is 54.3 Å². The largest absolute Gasteiger partial charge is 0.302 e. The number of benzene rings is 1. The number of hydrogen-bond acceptors (Lipinski definition) is 3. The number of thiazole rings is 1. The summed E-state index contributed by atoms with van der Waals surface area (Å²) in [6, 6.07) is 8.30. The Hall–Kier alpha value is -1.68. The minimum absolute atomic E-state index is 0.0170. The van der Waals surface area contributed by atoms with Crippen molar-refractivity contribution in [1.82, 2.24) is 4.98 Å². The number of aryl methyl sites for hydroxylation is 2. The van der Waals surface area contributed by atoms with Gasteiger partial charge in [0.25, 0.3) is 0 Å². The Balaban J connectivity index is 1.61. The fourth-order valence-electron chi connectivity index (χ4n) is 2.77. The lowest BCUT2D eigenvalue weighted by Crippen LogP contribution is -2.14. The number of amides is 1. The highest BCUT2D eigenvalue weighted by molar-refractivity contribution is 7.15. The molecule has 0 bridgehead atoms. The fraction of sp³-hybridized carbons (Fsp3) is 0.444.